The Bertz CT molecular complexity index is 830. The van der Waals surface area contributed by atoms with Crippen LogP contribution in [-0.2, 0) is 16.0 Å². The number of nitrogens with zero attached hydrogens (tertiary/aromatic N) is 2. The standard InChI is InChI=1S/C21H30N4O5S/c1-28-12-6-10-22-20(26)17-15-31-19(23-17)14-25(11-7-13-29-2)21(27)24-16-8-4-5-9-18(16)30-3/h4-5,8-9,15H,6-7,10-14H2,1-3H3,(H,22,26)(H,24,27). The molecule has 2 N–H and O–H groups in total. The van der Waals surface area contributed by atoms with Gasteiger partial charge in [-0.15, -0.1) is 11.3 Å². The van der Waals surface area contributed by atoms with Crippen LogP contribution in [0.25, 0.3) is 0 Å². The average Bonchev–Trinajstić information content (AvgIpc) is 3.25. The van der Waals surface area contributed by atoms with Gasteiger partial charge < -0.3 is 29.7 Å². The summed E-state index contributed by atoms with van der Waals surface area (Å²) in [5.41, 5.74) is 0.932. The quantitative estimate of drug-likeness (QED) is 0.455. The predicted molar refractivity (Wildman–Crippen MR) is 120 cm³/mol. The number of amides is 3. The first-order valence-electron chi connectivity index (χ1n) is 9.98. The highest BCUT2D eigenvalue weighted by atomic mass is 32.1. The number of rotatable bonds is 13. The molecule has 1 aromatic heterocycles. The monoisotopic (exact) mass is 450 g/mol. The summed E-state index contributed by atoms with van der Waals surface area (Å²) in [5.74, 6) is 0.345. The number of hydrogen-bond donors (Lipinski definition) is 2. The number of benzene rings is 1. The summed E-state index contributed by atoms with van der Waals surface area (Å²) in [6.45, 7) is 2.40. The molecule has 0 saturated heterocycles. The summed E-state index contributed by atoms with van der Waals surface area (Å²) in [6.07, 6.45) is 1.41. The summed E-state index contributed by atoms with van der Waals surface area (Å²) in [6, 6.07) is 6.94. The van der Waals surface area contributed by atoms with Gasteiger partial charge in [0.1, 0.15) is 16.5 Å². The zero-order chi connectivity index (χ0) is 22.5. The highest BCUT2D eigenvalue weighted by molar-refractivity contribution is 7.09. The second kappa shape index (κ2) is 13.6. The molecule has 1 heterocycles. The van der Waals surface area contributed by atoms with Gasteiger partial charge in [-0.25, -0.2) is 9.78 Å². The molecule has 0 aliphatic rings. The second-order valence-electron chi connectivity index (χ2n) is 6.63. The maximum atomic E-state index is 12.9. The van der Waals surface area contributed by atoms with Crippen molar-refractivity contribution in [2.45, 2.75) is 19.4 Å². The third kappa shape index (κ3) is 8.16. The number of urea groups is 1. The molecule has 3 amide bonds. The summed E-state index contributed by atoms with van der Waals surface area (Å²) < 4.78 is 15.4. The molecule has 1 aromatic carbocycles. The lowest BCUT2D eigenvalue weighted by atomic mass is 10.3. The zero-order valence-electron chi connectivity index (χ0n) is 18.2. The van der Waals surface area contributed by atoms with Crippen molar-refractivity contribution in [3.05, 3.63) is 40.3 Å². The molecule has 0 spiro atoms. The first-order valence-corrected chi connectivity index (χ1v) is 10.9. The van der Waals surface area contributed by atoms with E-state index in [1.165, 1.54) is 11.3 Å². The molecule has 2 aromatic rings. The lowest BCUT2D eigenvalue weighted by Crippen LogP contribution is -2.35. The third-order valence-corrected chi connectivity index (χ3v) is 5.17. The molecule has 2 rings (SSSR count). The smallest absolute Gasteiger partial charge is 0.322 e. The highest BCUT2D eigenvalue weighted by Gasteiger charge is 2.18. The molecule has 0 saturated carbocycles. The van der Waals surface area contributed by atoms with Gasteiger partial charge in [0.15, 0.2) is 0 Å². The third-order valence-electron chi connectivity index (χ3n) is 4.33. The normalized spacial score (nSPS) is 10.5. The van der Waals surface area contributed by atoms with Crippen LogP contribution in [0.2, 0.25) is 0 Å². The minimum absolute atomic E-state index is 0.233. The molecule has 0 fully saturated rings. The Morgan fingerprint density at radius 3 is 2.58 bits per heavy atom. The Hall–Kier alpha value is -2.69. The number of aromatic nitrogens is 1. The van der Waals surface area contributed by atoms with E-state index in [1.807, 2.05) is 12.1 Å². The van der Waals surface area contributed by atoms with E-state index in [4.69, 9.17) is 14.2 Å². The van der Waals surface area contributed by atoms with Gasteiger partial charge in [0.2, 0.25) is 0 Å². The maximum Gasteiger partial charge on any atom is 0.322 e. The molecule has 0 radical (unpaired) electrons. The predicted octanol–water partition coefficient (Wildman–Crippen LogP) is 2.99. The molecule has 9 nitrogen and oxygen atoms in total. The van der Waals surface area contributed by atoms with E-state index in [0.29, 0.717) is 54.9 Å². The van der Waals surface area contributed by atoms with Crippen molar-refractivity contribution in [3.8, 4) is 5.75 Å². The Morgan fingerprint density at radius 2 is 1.84 bits per heavy atom. The molecule has 0 unspecified atom stereocenters. The zero-order valence-corrected chi connectivity index (χ0v) is 19.0. The number of carbonyl (C=O) groups excluding carboxylic acids is 2. The fourth-order valence-electron chi connectivity index (χ4n) is 2.75. The molecule has 31 heavy (non-hydrogen) atoms. The summed E-state index contributed by atoms with van der Waals surface area (Å²) in [7, 11) is 4.80. The van der Waals surface area contributed by atoms with Gasteiger partial charge in [-0.1, -0.05) is 12.1 Å². The minimum atomic E-state index is -0.277. The number of ether oxygens (including phenoxy) is 3. The van der Waals surface area contributed by atoms with Gasteiger partial charge >= 0.3 is 6.03 Å². The Labute approximate surface area is 186 Å². The van der Waals surface area contributed by atoms with Crippen LogP contribution < -0.4 is 15.4 Å². The highest BCUT2D eigenvalue weighted by Crippen LogP contribution is 2.24. The van der Waals surface area contributed by atoms with Crippen LogP contribution in [0, 0.1) is 0 Å². The Kier molecular flexibility index (Phi) is 10.8. The fraction of sp³-hybridized carbons (Fsp3) is 0.476. The molecule has 0 aliphatic carbocycles. The van der Waals surface area contributed by atoms with E-state index in [2.05, 4.69) is 15.6 Å². The SMILES string of the molecule is COCCCNC(=O)c1csc(CN(CCCOC)C(=O)Nc2ccccc2OC)n1. The lowest BCUT2D eigenvalue weighted by molar-refractivity contribution is 0.0944. The van der Waals surface area contributed by atoms with Crippen molar-refractivity contribution in [3.63, 3.8) is 0 Å². The minimum Gasteiger partial charge on any atom is -0.495 e. The second-order valence-corrected chi connectivity index (χ2v) is 7.57. The van der Waals surface area contributed by atoms with Gasteiger partial charge in [-0.3, -0.25) is 4.79 Å². The van der Waals surface area contributed by atoms with Crippen molar-refractivity contribution in [1.82, 2.24) is 15.2 Å². The first kappa shape index (κ1) is 24.6. The van der Waals surface area contributed by atoms with Gasteiger partial charge in [0.25, 0.3) is 5.91 Å². The van der Waals surface area contributed by atoms with Gasteiger partial charge in [0.05, 0.1) is 19.3 Å². The number of nitrogens with one attached hydrogen (secondary N) is 2. The number of methoxy groups -OCH3 is 3. The molecule has 10 heteroatoms. The Balaban J connectivity index is 2.02. The number of anilines is 1. The van der Waals surface area contributed by atoms with Crippen LogP contribution in [0.15, 0.2) is 29.6 Å². The topological polar surface area (TPSA) is 102 Å². The number of thiazole rings is 1. The molecular weight excluding hydrogens is 420 g/mol. The van der Waals surface area contributed by atoms with Crippen molar-refractivity contribution in [2.75, 3.05) is 52.9 Å². The number of hydrogen-bond acceptors (Lipinski definition) is 7. The van der Waals surface area contributed by atoms with E-state index >= 15 is 0 Å². The van der Waals surface area contributed by atoms with Crippen LogP contribution in [0.3, 0.4) is 0 Å². The first-order chi connectivity index (χ1) is 15.1. The molecule has 0 atom stereocenters. The van der Waals surface area contributed by atoms with Gasteiger partial charge in [-0.05, 0) is 25.0 Å². The van der Waals surface area contributed by atoms with E-state index in [-0.39, 0.29) is 18.5 Å². The van der Waals surface area contributed by atoms with Crippen molar-refractivity contribution in [2.24, 2.45) is 0 Å². The Morgan fingerprint density at radius 1 is 1.10 bits per heavy atom. The van der Waals surface area contributed by atoms with Crippen molar-refractivity contribution >= 4 is 29.0 Å². The summed E-state index contributed by atoms with van der Waals surface area (Å²) in [5, 5.41) is 8.07. The largest absolute Gasteiger partial charge is 0.495 e. The van der Waals surface area contributed by atoms with Gasteiger partial charge in [0, 0.05) is 45.9 Å². The molecule has 0 aliphatic heterocycles. The maximum absolute atomic E-state index is 12.9. The van der Waals surface area contributed by atoms with Crippen LogP contribution >= 0.6 is 11.3 Å². The van der Waals surface area contributed by atoms with Crippen LogP contribution in [0.1, 0.15) is 28.3 Å². The van der Waals surface area contributed by atoms with E-state index in [1.54, 1.807) is 43.7 Å². The lowest BCUT2D eigenvalue weighted by Gasteiger charge is -2.22. The van der Waals surface area contributed by atoms with Crippen LogP contribution in [0.4, 0.5) is 10.5 Å². The summed E-state index contributed by atoms with van der Waals surface area (Å²) >= 11 is 1.35. The number of carbonyl (C=O) groups is 2. The van der Waals surface area contributed by atoms with Crippen LogP contribution in [-0.4, -0.2) is 69.5 Å². The average molecular weight is 451 g/mol. The fourth-order valence-corrected chi connectivity index (χ4v) is 3.54. The number of para-hydroxylation sites is 2. The molecular formula is C21H30N4O5S. The summed E-state index contributed by atoms with van der Waals surface area (Å²) in [4.78, 5) is 31.2. The van der Waals surface area contributed by atoms with Gasteiger partial charge in [-0.2, -0.15) is 0 Å². The van der Waals surface area contributed by atoms with Crippen LogP contribution in [0.5, 0.6) is 5.75 Å². The van der Waals surface area contributed by atoms with E-state index in [0.717, 1.165) is 6.42 Å². The van der Waals surface area contributed by atoms with Crippen molar-refractivity contribution < 1.29 is 23.8 Å². The van der Waals surface area contributed by atoms with E-state index < -0.39 is 0 Å². The van der Waals surface area contributed by atoms with Crippen molar-refractivity contribution in [1.29, 1.82) is 0 Å². The van der Waals surface area contributed by atoms with E-state index in [9.17, 15) is 9.59 Å². The molecule has 170 valence electrons. The molecule has 0 bridgehead atoms.